The lowest BCUT2D eigenvalue weighted by Crippen LogP contribution is -2.15. The fourth-order valence-electron chi connectivity index (χ4n) is 1.60. The van der Waals surface area contributed by atoms with Crippen molar-refractivity contribution in [3.8, 4) is 5.75 Å². The van der Waals surface area contributed by atoms with Crippen molar-refractivity contribution in [3.05, 3.63) is 29.1 Å². The molecule has 5 nitrogen and oxygen atoms in total. The number of aliphatic hydroxyl groups is 1. The predicted molar refractivity (Wildman–Crippen MR) is 60.6 cm³/mol. The van der Waals surface area contributed by atoms with Crippen LogP contribution in [0.25, 0.3) is 0 Å². The van der Waals surface area contributed by atoms with Gasteiger partial charge >= 0.3 is 5.97 Å². The Kier molecular flexibility index (Phi) is 5.06. The molecule has 0 aliphatic heterocycles. The third-order valence-electron chi connectivity index (χ3n) is 2.45. The van der Waals surface area contributed by atoms with Gasteiger partial charge in [0, 0.05) is 12.7 Å². The van der Waals surface area contributed by atoms with Crippen LogP contribution >= 0.6 is 0 Å². The molecule has 0 amide bonds. The average molecular weight is 258 g/mol. The number of halogens is 1. The average Bonchev–Trinajstić information content (AvgIpc) is 2.39. The zero-order chi connectivity index (χ0) is 13.7. The van der Waals surface area contributed by atoms with E-state index in [0.29, 0.717) is 0 Å². The van der Waals surface area contributed by atoms with Crippen LogP contribution in [0.5, 0.6) is 5.75 Å². The maximum absolute atomic E-state index is 13.6. The van der Waals surface area contributed by atoms with E-state index in [1.54, 1.807) is 0 Å². The summed E-state index contributed by atoms with van der Waals surface area (Å²) in [6, 6.07) is 2.41. The Morgan fingerprint density at radius 2 is 2.06 bits per heavy atom. The van der Waals surface area contributed by atoms with Crippen LogP contribution in [-0.2, 0) is 20.9 Å². The molecule has 1 atom stereocenters. The second kappa shape index (κ2) is 6.32. The third kappa shape index (κ3) is 2.77. The first-order chi connectivity index (χ1) is 8.56. The van der Waals surface area contributed by atoms with Gasteiger partial charge in [0.1, 0.15) is 11.6 Å². The Labute approximate surface area is 104 Å². The molecule has 0 bridgehead atoms. The first-order valence-electron chi connectivity index (χ1n) is 5.16. The highest BCUT2D eigenvalue weighted by atomic mass is 19.1. The second-order valence-electron chi connectivity index (χ2n) is 3.51. The van der Waals surface area contributed by atoms with Crippen LogP contribution in [-0.4, -0.2) is 32.4 Å². The molecule has 0 saturated heterocycles. The summed E-state index contributed by atoms with van der Waals surface area (Å²) in [6.45, 7) is -0.0310. The van der Waals surface area contributed by atoms with Crippen LogP contribution in [0.15, 0.2) is 12.1 Å². The molecule has 0 aliphatic rings. The molecule has 0 radical (unpaired) electrons. The quantitative estimate of drug-likeness (QED) is 0.803. The number of benzene rings is 1. The van der Waals surface area contributed by atoms with Crippen molar-refractivity contribution in [1.82, 2.24) is 0 Å². The minimum Gasteiger partial charge on any atom is -0.496 e. The van der Waals surface area contributed by atoms with Gasteiger partial charge < -0.3 is 19.3 Å². The van der Waals surface area contributed by atoms with Crippen molar-refractivity contribution in [1.29, 1.82) is 0 Å². The first kappa shape index (κ1) is 14.4. The van der Waals surface area contributed by atoms with Crippen LogP contribution < -0.4 is 4.74 Å². The second-order valence-corrected chi connectivity index (χ2v) is 3.51. The Morgan fingerprint density at radius 3 is 2.56 bits per heavy atom. The van der Waals surface area contributed by atoms with Crippen molar-refractivity contribution in [2.24, 2.45) is 0 Å². The van der Waals surface area contributed by atoms with E-state index in [2.05, 4.69) is 4.74 Å². The molecule has 1 rings (SSSR count). The number of esters is 1. The summed E-state index contributed by atoms with van der Waals surface area (Å²) < 4.78 is 27.9. The summed E-state index contributed by atoms with van der Waals surface area (Å²) in [5.74, 6) is -1.30. The van der Waals surface area contributed by atoms with Gasteiger partial charge in [-0.2, -0.15) is 0 Å². The number of carbonyl (C=O) groups excluding carboxylic acids is 1. The van der Waals surface area contributed by atoms with E-state index in [9.17, 15) is 14.3 Å². The SMILES string of the molecule is COCc1c(F)ccc(C(O)C(=O)OC)c1OC. The van der Waals surface area contributed by atoms with Gasteiger partial charge in [0.15, 0.2) is 6.10 Å². The Hall–Kier alpha value is -1.66. The molecular weight excluding hydrogens is 243 g/mol. The molecule has 0 fully saturated rings. The first-order valence-corrected chi connectivity index (χ1v) is 5.16. The van der Waals surface area contributed by atoms with Crippen LogP contribution in [0, 0.1) is 5.82 Å². The van der Waals surface area contributed by atoms with E-state index in [1.165, 1.54) is 20.3 Å². The largest absolute Gasteiger partial charge is 0.496 e. The van der Waals surface area contributed by atoms with Crippen LogP contribution in [0.1, 0.15) is 17.2 Å². The number of hydrogen-bond acceptors (Lipinski definition) is 5. The molecule has 0 spiro atoms. The van der Waals surface area contributed by atoms with Crippen LogP contribution in [0.3, 0.4) is 0 Å². The molecule has 1 N–H and O–H groups in total. The van der Waals surface area contributed by atoms with Gasteiger partial charge in [-0.05, 0) is 12.1 Å². The van der Waals surface area contributed by atoms with Crippen molar-refractivity contribution < 1.29 is 28.5 Å². The van der Waals surface area contributed by atoms with Crippen molar-refractivity contribution in [2.75, 3.05) is 21.3 Å². The fraction of sp³-hybridized carbons (Fsp3) is 0.417. The fourth-order valence-corrected chi connectivity index (χ4v) is 1.60. The van der Waals surface area contributed by atoms with E-state index in [1.807, 2.05) is 0 Å². The van der Waals surface area contributed by atoms with Crippen LogP contribution in [0.2, 0.25) is 0 Å². The van der Waals surface area contributed by atoms with Gasteiger partial charge in [-0.1, -0.05) is 0 Å². The summed E-state index contributed by atoms with van der Waals surface area (Å²) in [5.41, 5.74) is 0.276. The molecule has 100 valence electrons. The van der Waals surface area contributed by atoms with E-state index in [-0.39, 0.29) is 23.5 Å². The summed E-state index contributed by atoms with van der Waals surface area (Å²) in [6.07, 6.45) is -1.53. The molecule has 0 saturated carbocycles. The number of aliphatic hydroxyl groups excluding tert-OH is 1. The minimum atomic E-state index is -1.53. The smallest absolute Gasteiger partial charge is 0.339 e. The molecule has 1 aromatic carbocycles. The monoisotopic (exact) mass is 258 g/mol. The van der Waals surface area contributed by atoms with Gasteiger partial charge in [0.25, 0.3) is 0 Å². The zero-order valence-corrected chi connectivity index (χ0v) is 10.4. The highest BCUT2D eigenvalue weighted by Crippen LogP contribution is 2.32. The number of hydrogen-bond donors (Lipinski definition) is 1. The topological polar surface area (TPSA) is 65.0 Å². The molecule has 1 aromatic rings. The number of carbonyl (C=O) groups is 1. The molecule has 6 heteroatoms. The Morgan fingerprint density at radius 1 is 1.39 bits per heavy atom. The molecule has 0 aliphatic carbocycles. The Bertz CT molecular complexity index is 433. The molecular formula is C12H15FO5. The van der Waals surface area contributed by atoms with Crippen LogP contribution in [0.4, 0.5) is 4.39 Å². The van der Waals surface area contributed by atoms with Gasteiger partial charge in [0.05, 0.1) is 26.4 Å². The van der Waals surface area contributed by atoms with E-state index in [4.69, 9.17) is 9.47 Å². The highest BCUT2D eigenvalue weighted by molar-refractivity contribution is 5.77. The number of ether oxygens (including phenoxy) is 3. The van der Waals surface area contributed by atoms with E-state index in [0.717, 1.165) is 13.2 Å². The maximum atomic E-state index is 13.6. The maximum Gasteiger partial charge on any atom is 0.339 e. The van der Waals surface area contributed by atoms with E-state index >= 15 is 0 Å². The zero-order valence-electron chi connectivity index (χ0n) is 10.4. The summed E-state index contributed by atoms with van der Waals surface area (Å²) in [5, 5.41) is 9.77. The van der Waals surface area contributed by atoms with Gasteiger partial charge in [-0.25, -0.2) is 9.18 Å². The lowest BCUT2D eigenvalue weighted by molar-refractivity contribution is -0.150. The van der Waals surface area contributed by atoms with Gasteiger partial charge in [-0.15, -0.1) is 0 Å². The molecule has 0 heterocycles. The summed E-state index contributed by atoms with van der Waals surface area (Å²) >= 11 is 0. The molecule has 18 heavy (non-hydrogen) atoms. The lowest BCUT2D eigenvalue weighted by Gasteiger charge is -2.16. The van der Waals surface area contributed by atoms with Crippen molar-refractivity contribution in [2.45, 2.75) is 12.7 Å². The lowest BCUT2D eigenvalue weighted by atomic mass is 10.0. The van der Waals surface area contributed by atoms with E-state index < -0.39 is 17.9 Å². The Balaban J connectivity index is 3.28. The number of rotatable bonds is 5. The van der Waals surface area contributed by atoms with Gasteiger partial charge in [-0.3, -0.25) is 0 Å². The van der Waals surface area contributed by atoms with Crippen molar-refractivity contribution >= 4 is 5.97 Å². The number of methoxy groups -OCH3 is 3. The van der Waals surface area contributed by atoms with Gasteiger partial charge in [0.2, 0.25) is 0 Å². The standard InChI is InChI=1S/C12H15FO5/c1-16-6-8-9(13)5-4-7(11(8)17-2)10(14)12(15)18-3/h4-5,10,14H,6H2,1-3H3. The predicted octanol–water partition coefficient (Wildman–Crippen LogP) is 1.19. The molecule has 0 aromatic heterocycles. The normalized spacial score (nSPS) is 12.1. The summed E-state index contributed by atoms with van der Waals surface area (Å²) in [7, 11) is 3.88. The highest BCUT2D eigenvalue weighted by Gasteiger charge is 2.25. The summed E-state index contributed by atoms with van der Waals surface area (Å²) in [4.78, 5) is 11.3. The minimum absolute atomic E-state index is 0.0310. The third-order valence-corrected chi connectivity index (χ3v) is 2.45. The van der Waals surface area contributed by atoms with Crippen molar-refractivity contribution in [3.63, 3.8) is 0 Å². The molecule has 1 unspecified atom stereocenters.